The number of rotatable bonds is 5. The van der Waals surface area contributed by atoms with Gasteiger partial charge >= 0.3 is 0 Å². The van der Waals surface area contributed by atoms with Crippen LogP contribution in [0.2, 0.25) is 5.02 Å². The van der Waals surface area contributed by atoms with Crippen molar-refractivity contribution >= 4 is 28.5 Å². The molecule has 3 rings (SSSR count). The van der Waals surface area contributed by atoms with Gasteiger partial charge in [-0.1, -0.05) is 31.0 Å². The van der Waals surface area contributed by atoms with E-state index in [1.165, 1.54) is 0 Å². The van der Waals surface area contributed by atoms with Crippen molar-refractivity contribution in [3.63, 3.8) is 0 Å². The third-order valence-corrected chi connectivity index (χ3v) is 3.48. The summed E-state index contributed by atoms with van der Waals surface area (Å²) in [6, 6.07) is 7.54. The van der Waals surface area contributed by atoms with E-state index in [1.807, 2.05) is 24.3 Å². The van der Waals surface area contributed by atoms with Gasteiger partial charge in [-0.25, -0.2) is 14.6 Å². The van der Waals surface area contributed by atoms with E-state index in [9.17, 15) is 0 Å². The van der Waals surface area contributed by atoms with E-state index in [0.29, 0.717) is 5.02 Å². The van der Waals surface area contributed by atoms with Crippen molar-refractivity contribution in [3.05, 3.63) is 41.8 Å². The molecule has 0 fully saturated rings. The van der Waals surface area contributed by atoms with Gasteiger partial charge < -0.3 is 5.32 Å². The molecule has 0 amide bonds. The number of nitrogens with zero attached hydrogens (tertiary/aromatic N) is 4. The molecule has 108 valence electrons. The summed E-state index contributed by atoms with van der Waals surface area (Å²) in [6.07, 6.45) is 5.58. The Bertz CT molecular complexity index is 753. The number of halogens is 1. The molecule has 21 heavy (non-hydrogen) atoms. The van der Waals surface area contributed by atoms with Crippen molar-refractivity contribution in [1.29, 1.82) is 0 Å². The van der Waals surface area contributed by atoms with E-state index in [4.69, 9.17) is 11.6 Å². The molecule has 5 nitrogen and oxygen atoms in total. The van der Waals surface area contributed by atoms with Gasteiger partial charge in [0.1, 0.15) is 12.1 Å². The second kappa shape index (κ2) is 6.10. The molecule has 0 saturated heterocycles. The summed E-state index contributed by atoms with van der Waals surface area (Å²) in [5.74, 6) is 0.821. The van der Waals surface area contributed by atoms with Crippen LogP contribution in [0.3, 0.4) is 0 Å². The maximum atomic E-state index is 6.04. The van der Waals surface area contributed by atoms with Crippen LogP contribution < -0.4 is 5.32 Å². The molecule has 0 spiro atoms. The van der Waals surface area contributed by atoms with E-state index in [0.717, 1.165) is 41.9 Å². The average molecular weight is 302 g/mol. The summed E-state index contributed by atoms with van der Waals surface area (Å²) >= 11 is 6.04. The molecule has 0 saturated carbocycles. The van der Waals surface area contributed by atoms with E-state index in [2.05, 4.69) is 27.3 Å². The zero-order chi connectivity index (χ0) is 14.7. The molecular formula is C15H16ClN5. The van der Waals surface area contributed by atoms with Crippen LogP contribution in [0.25, 0.3) is 16.7 Å². The topological polar surface area (TPSA) is 55.6 Å². The maximum Gasteiger partial charge on any atom is 0.168 e. The van der Waals surface area contributed by atoms with Crippen molar-refractivity contribution < 1.29 is 0 Å². The van der Waals surface area contributed by atoms with Crippen LogP contribution in [0, 0.1) is 0 Å². The first-order valence-corrected chi connectivity index (χ1v) is 7.36. The molecule has 0 unspecified atom stereocenters. The van der Waals surface area contributed by atoms with Crippen LogP contribution in [0.4, 0.5) is 5.82 Å². The minimum absolute atomic E-state index is 0.673. The lowest BCUT2D eigenvalue weighted by atomic mass is 10.3. The van der Waals surface area contributed by atoms with Gasteiger partial charge in [-0.15, -0.1) is 0 Å². The van der Waals surface area contributed by atoms with Gasteiger partial charge in [-0.2, -0.15) is 5.10 Å². The largest absolute Gasteiger partial charge is 0.369 e. The zero-order valence-corrected chi connectivity index (χ0v) is 12.5. The molecule has 0 atom stereocenters. The number of hydrogen-bond donors (Lipinski definition) is 1. The fourth-order valence-electron chi connectivity index (χ4n) is 2.17. The van der Waals surface area contributed by atoms with Crippen LogP contribution in [0.5, 0.6) is 0 Å². The smallest absolute Gasteiger partial charge is 0.168 e. The molecule has 0 aliphatic rings. The van der Waals surface area contributed by atoms with E-state index < -0.39 is 0 Å². The molecule has 3 aromatic rings. The Balaban J connectivity index is 2.01. The summed E-state index contributed by atoms with van der Waals surface area (Å²) < 4.78 is 1.77. The average Bonchev–Trinajstić information content (AvgIpc) is 2.92. The highest BCUT2D eigenvalue weighted by Gasteiger charge is 2.10. The van der Waals surface area contributed by atoms with Crippen LogP contribution in [0.1, 0.15) is 19.8 Å². The van der Waals surface area contributed by atoms with Crippen molar-refractivity contribution in [2.24, 2.45) is 0 Å². The first kappa shape index (κ1) is 13.8. The second-order valence-electron chi connectivity index (χ2n) is 4.78. The molecule has 1 aromatic carbocycles. The Kier molecular flexibility index (Phi) is 4.01. The van der Waals surface area contributed by atoms with Crippen molar-refractivity contribution in [2.45, 2.75) is 19.8 Å². The number of unbranched alkanes of at least 4 members (excludes halogenated alkanes) is 1. The maximum absolute atomic E-state index is 6.04. The third-order valence-electron chi connectivity index (χ3n) is 3.24. The summed E-state index contributed by atoms with van der Waals surface area (Å²) in [4.78, 5) is 8.64. The Morgan fingerprint density at radius 2 is 2.19 bits per heavy atom. The van der Waals surface area contributed by atoms with E-state index >= 15 is 0 Å². The van der Waals surface area contributed by atoms with Gasteiger partial charge in [0.25, 0.3) is 0 Å². The highest BCUT2D eigenvalue weighted by atomic mass is 35.5. The van der Waals surface area contributed by atoms with Gasteiger partial charge in [0.2, 0.25) is 0 Å². The molecule has 1 N–H and O–H groups in total. The number of nitrogens with one attached hydrogen (secondary N) is 1. The normalized spacial score (nSPS) is 11.0. The number of benzene rings is 1. The number of anilines is 1. The van der Waals surface area contributed by atoms with E-state index in [-0.39, 0.29) is 0 Å². The summed E-state index contributed by atoms with van der Waals surface area (Å²) in [7, 11) is 0. The molecule has 2 aromatic heterocycles. The standard InChI is InChI=1S/C15H16ClN5/c1-2-3-7-17-14-13-9-20-21(15(13)19-10-18-14)12-6-4-5-11(16)8-12/h4-6,8-10H,2-3,7H2,1H3,(H,17,18,19). The Labute approximate surface area is 128 Å². The SMILES string of the molecule is CCCCNc1ncnc2c1cnn2-c1cccc(Cl)c1. The Morgan fingerprint density at radius 1 is 1.29 bits per heavy atom. The van der Waals surface area contributed by atoms with Crippen molar-refractivity contribution in [3.8, 4) is 5.69 Å². The lowest BCUT2D eigenvalue weighted by Gasteiger charge is -2.06. The highest BCUT2D eigenvalue weighted by molar-refractivity contribution is 6.30. The van der Waals surface area contributed by atoms with Gasteiger partial charge in [-0.3, -0.25) is 0 Å². The predicted octanol–water partition coefficient (Wildman–Crippen LogP) is 3.68. The monoisotopic (exact) mass is 301 g/mol. The summed E-state index contributed by atoms with van der Waals surface area (Å²) in [6.45, 7) is 3.05. The minimum Gasteiger partial charge on any atom is -0.369 e. The molecule has 0 aliphatic heterocycles. The van der Waals surface area contributed by atoms with Crippen LogP contribution in [-0.4, -0.2) is 26.3 Å². The lowest BCUT2D eigenvalue weighted by Crippen LogP contribution is -2.04. The third kappa shape index (κ3) is 2.83. The van der Waals surface area contributed by atoms with Crippen LogP contribution >= 0.6 is 11.6 Å². The fraction of sp³-hybridized carbons (Fsp3) is 0.267. The number of aromatic nitrogens is 4. The quantitative estimate of drug-likeness (QED) is 0.730. The number of hydrogen-bond acceptors (Lipinski definition) is 4. The second-order valence-corrected chi connectivity index (χ2v) is 5.21. The molecular weight excluding hydrogens is 286 g/mol. The predicted molar refractivity (Wildman–Crippen MR) is 85.1 cm³/mol. The zero-order valence-electron chi connectivity index (χ0n) is 11.8. The molecule has 2 heterocycles. The molecule has 0 aliphatic carbocycles. The van der Waals surface area contributed by atoms with E-state index in [1.54, 1.807) is 17.2 Å². The number of fused-ring (bicyclic) bond motifs is 1. The van der Waals surface area contributed by atoms with Crippen LogP contribution in [0.15, 0.2) is 36.8 Å². The lowest BCUT2D eigenvalue weighted by molar-refractivity contribution is 0.831. The highest BCUT2D eigenvalue weighted by Crippen LogP contribution is 2.22. The Morgan fingerprint density at radius 3 is 3.00 bits per heavy atom. The van der Waals surface area contributed by atoms with Gasteiger partial charge in [0.15, 0.2) is 5.65 Å². The van der Waals surface area contributed by atoms with Crippen LogP contribution in [-0.2, 0) is 0 Å². The first-order chi connectivity index (χ1) is 10.3. The van der Waals surface area contributed by atoms with Gasteiger partial charge in [-0.05, 0) is 24.6 Å². The Hall–Kier alpha value is -2.14. The van der Waals surface area contributed by atoms with Crippen molar-refractivity contribution in [2.75, 3.05) is 11.9 Å². The fourth-order valence-corrected chi connectivity index (χ4v) is 2.35. The summed E-state index contributed by atoms with van der Waals surface area (Å²) in [5, 5.41) is 9.33. The van der Waals surface area contributed by atoms with Gasteiger partial charge in [0, 0.05) is 11.6 Å². The summed E-state index contributed by atoms with van der Waals surface area (Å²) in [5.41, 5.74) is 1.65. The molecule has 0 bridgehead atoms. The molecule has 0 radical (unpaired) electrons. The minimum atomic E-state index is 0.673. The van der Waals surface area contributed by atoms with Gasteiger partial charge in [0.05, 0.1) is 17.3 Å². The molecule has 6 heteroatoms. The first-order valence-electron chi connectivity index (χ1n) is 6.98. The van der Waals surface area contributed by atoms with Crippen molar-refractivity contribution in [1.82, 2.24) is 19.7 Å².